The minimum Gasteiger partial charge on any atom is -0.378 e. The third kappa shape index (κ3) is 3.45. The van der Waals surface area contributed by atoms with E-state index in [4.69, 9.17) is 4.74 Å². The Hall–Kier alpha value is -0.610. The van der Waals surface area contributed by atoms with Crippen molar-refractivity contribution in [1.29, 1.82) is 0 Å². The fourth-order valence-corrected chi connectivity index (χ4v) is 3.03. The molecule has 104 valence electrons. The van der Waals surface area contributed by atoms with Gasteiger partial charge >= 0.3 is 0 Å². The Kier molecular flexibility index (Phi) is 5.01. The molecule has 0 radical (unpaired) electrons. The maximum Gasteiger partial charge on any atom is 0.239 e. The number of piperidine rings is 2. The van der Waals surface area contributed by atoms with Crippen LogP contribution >= 0.6 is 0 Å². The van der Waals surface area contributed by atoms with Gasteiger partial charge in [0.05, 0.1) is 12.1 Å². The number of carbonyl (C=O) groups is 1. The highest BCUT2D eigenvalue weighted by Crippen LogP contribution is 2.18. The van der Waals surface area contributed by atoms with Crippen LogP contribution in [0.1, 0.15) is 46.0 Å². The van der Waals surface area contributed by atoms with Gasteiger partial charge in [-0.1, -0.05) is 0 Å². The molecule has 2 heterocycles. The molecule has 2 unspecified atom stereocenters. The summed E-state index contributed by atoms with van der Waals surface area (Å²) in [5.74, 6) is 0.302. The smallest absolute Gasteiger partial charge is 0.239 e. The number of carbonyl (C=O) groups excluding carboxylic acids is 1. The lowest BCUT2D eigenvalue weighted by Crippen LogP contribution is -2.53. The van der Waals surface area contributed by atoms with Crippen molar-refractivity contribution in [2.75, 3.05) is 19.7 Å². The van der Waals surface area contributed by atoms with Crippen LogP contribution in [0.15, 0.2) is 0 Å². The van der Waals surface area contributed by atoms with Gasteiger partial charge in [0, 0.05) is 25.7 Å². The number of nitrogens with zero attached hydrogens (tertiary/aromatic N) is 1. The van der Waals surface area contributed by atoms with Gasteiger partial charge in [-0.05, 0) is 46.0 Å². The molecule has 0 spiro atoms. The highest BCUT2D eigenvalue weighted by Gasteiger charge is 2.30. The van der Waals surface area contributed by atoms with Crippen LogP contribution in [0.2, 0.25) is 0 Å². The van der Waals surface area contributed by atoms with Gasteiger partial charge in [0.2, 0.25) is 5.91 Å². The van der Waals surface area contributed by atoms with Crippen molar-refractivity contribution in [1.82, 2.24) is 10.2 Å². The summed E-state index contributed by atoms with van der Waals surface area (Å²) < 4.78 is 5.62. The SMILES string of the molecule is CCOC1CCN(C(=O)C2CCCC(C)N2)CC1. The maximum atomic E-state index is 12.4. The van der Waals surface area contributed by atoms with Gasteiger partial charge in [0.1, 0.15) is 0 Å². The lowest BCUT2D eigenvalue weighted by molar-refractivity contribution is -0.136. The van der Waals surface area contributed by atoms with Crippen molar-refractivity contribution in [3.8, 4) is 0 Å². The summed E-state index contributed by atoms with van der Waals surface area (Å²) in [7, 11) is 0. The first kappa shape index (κ1) is 13.8. The van der Waals surface area contributed by atoms with Crippen LogP contribution in [0.3, 0.4) is 0 Å². The zero-order chi connectivity index (χ0) is 13.0. The third-order valence-corrected chi connectivity index (χ3v) is 4.07. The van der Waals surface area contributed by atoms with Crippen molar-refractivity contribution in [2.45, 2.75) is 64.1 Å². The first-order valence-electron chi connectivity index (χ1n) is 7.37. The fourth-order valence-electron chi connectivity index (χ4n) is 3.03. The van der Waals surface area contributed by atoms with E-state index in [2.05, 4.69) is 12.2 Å². The zero-order valence-corrected chi connectivity index (χ0v) is 11.7. The van der Waals surface area contributed by atoms with Gasteiger partial charge in [-0.15, -0.1) is 0 Å². The lowest BCUT2D eigenvalue weighted by atomic mass is 9.97. The van der Waals surface area contributed by atoms with Crippen LogP contribution in [-0.4, -0.2) is 48.7 Å². The van der Waals surface area contributed by atoms with Gasteiger partial charge in [-0.2, -0.15) is 0 Å². The van der Waals surface area contributed by atoms with Crippen LogP contribution in [0, 0.1) is 0 Å². The Balaban J connectivity index is 1.80. The van der Waals surface area contributed by atoms with E-state index in [-0.39, 0.29) is 6.04 Å². The number of rotatable bonds is 3. The van der Waals surface area contributed by atoms with Crippen LogP contribution in [-0.2, 0) is 9.53 Å². The average molecular weight is 254 g/mol. The number of hydrogen-bond donors (Lipinski definition) is 1. The summed E-state index contributed by atoms with van der Waals surface area (Å²) in [6.07, 6.45) is 5.69. The number of amides is 1. The van der Waals surface area contributed by atoms with Crippen molar-refractivity contribution in [2.24, 2.45) is 0 Å². The van der Waals surface area contributed by atoms with Crippen molar-refractivity contribution >= 4 is 5.91 Å². The first-order valence-corrected chi connectivity index (χ1v) is 7.37. The molecule has 2 atom stereocenters. The van der Waals surface area contributed by atoms with E-state index in [1.807, 2.05) is 11.8 Å². The van der Waals surface area contributed by atoms with Crippen molar-refractivity contribution in [3.63, 3.8) is 0 Å². The highest BCUT2D eigenvalue weighted by molar-refractivity contribution is 5.82. The zero-order valence-electron chi connectivity index (χ0n) is 11.7. The standard InChI is InChI=1S/C14H26N2O2/c1-3-18-12-7-9-16(10-8-12)14(17)13-6-4-5-11(2)15-13/h11-13,15H,3-10H2,1-2H3. The molecule has 2 aliphatic heterocycles. The Labute approximate surface area is 110 Å². The Morgan fingerprint density at radius 2 is 2.00 bits per heavy atom. The number of ether oxygens (including phenoxy) is 1. The molecule has 0 saturated carbocycles. The van der Waals surface area contributed by atoms with E-state index in [0.717, 1.165) is 39.0 Å². The molecule has 0 bridgehead atoms. The summed E-state index contributed by atoms with van der Waals surface area (Å²) in [5.41, 5.74) is 0. The number of hydrogen-bond acceptors (Lipinski definition) is 3. The Morgan fingerprint density at radius 1 is 1.28 bits per heavy atom. The van der Waals surface area contributed by atoms with Gasteiger partial charge in [-0.3, -0.25) is 4.79 Å². The second-order valence-corrected chi connectivity index (χ2v) is 5.53. The van der Waals surface area contributed by atoms with E-state index in [9.17, 15) is 4.79 Å². The normalized spacial score (nSPS) is 30.4. The summed E-state index contributed by atoms with van der Waals surface area (Å²) in [6, 6.07) is 0.533. The molecule has 0 aromatic carbocycles. The summed E-state index contributed by atoms with van der Waals surface area (Å²) in [4.78, 5) is 14.4. The molecule has 2 aliphatic rings. The number of nitrogens with one attached hydrogen (secondary N) is 1. The lowest BCUT2D eigenvalue weighted by Gasteiger charge is -2.36. The quantitative estimate of drug-likeness (QED) is 0.831. The van der Waals surface area contributed by atoms with E-state index < -0.39 is 0 Å². The monoisotopic (exact) mass is 254 g/mol. The molecule has 0 aliphatic carbocycles. The maximum absolute atomic E-state index is 12.4. The summed E-state index contributed by atoms with van der Waals surface area (Å²) >= 11 is 0. The topological polar surface area (TPSA) is 41.6 Å². The minimum atomic E-state index is 0.0531. The predicted octanol–water partition coefficient (Wildman–Crippen LogP) is 1.54. The second-order valence-electron chi connectivity index (χ2n) is 5.53. The van der Waals surface area contributed by atoms with Crippen LogP contribution < -0.4 is 5.32 Å². The molecule has 4 nitrogen and oxygen atoms in total. The van der Waals surface area contributed by atoms with Gasteiger partial charge < -0.3 is 15.0 Å². The molecule has 2 rings (SSSR count). The van der Waals surface area contributed by atoms with E-state index >= 15 is 0 Å². The van der Waals surface area contributed by atoms with E-state index in [1.54, 1.807) is 0 Å². The van der Waals surface area contributed by atoms with Crippen LogP contribution in [0.5, 0.6) is 0 Å². The molecule has 18 heavy (non-hydrogen) atoms. The Bertz CT molecular complexity index is 275. The number of likely N-dealkylation sites (tertiary alicyclic amines) is 1. The fraction of sp³-hybridized carbons (Fsp3) is 0.929. The molecule has 0 aromatic heterocycles. The first-order chi connectivity index (χ1) is 8.70. The van der Waals surface area contributed by atoms with Crippen molar-refractivity contribution < 1.29 is 9.53 Å². The predicted molar refractivity (Wildman–Crippen MR) is 71.5 cm³/mol. The van der Waals surface area contributed by atoms with E-state index in [1.165, 1.54) is 12.8 Å². The van der Waals surface area contributed by atoms with Crippen LogP contribution in [0.25, 0.3) is 0 Å². The average Bonchev–Trinajstić information content (AvgIpc) is 2.39. The molecule has 1 amide bonds. The minimum absolute atomic E-state index is 0.0531. The van der Waals surface area contributed by atoms with Crippen LogP contribution in [0.4, 0.5) is 0 Å². The highest BCUT2D eigenvalue weighted by atomic mass is 16.5. The van der Waals surface area contributed by atoms with Gasteiger partial charge in [0.15, 0.2) is 0 Å². The molecular formula is C14H26N2O2. The molecular weight excluding hydrogens is 228 g/mol. The molecule has 4 heteroatoms. The van der Waals surface area contributed by atoms with Gasteiger partial charge in [0.25, 0.3) is 0 Å². The molecule has 2 saturated heterocycles. The molecule has 2 fully saturated rings. The molecule has 0 aromatic rings. The van der Waals surface area contributed by atoms with E-state index in [0.29, 0.717) is 18.1 Å². The van der Waals surface area contributed by atoms with Gasteiger partial charge in [-0.25, -0.2) is 0 Å². The summed E-state index contributed by atoms with van der Waals surface area (Å²) in [6.45, 7) is 6.69. The third-order valence-electron chi connectivity index (χ3n) is 4.07. The molecule has 1 N–H and O–H groups in total. The summed E-state index contributed by atoms with van der Waals surface area (Å²) in [5, 5.41) is 3.43. The largest absolute Gasteiger partial charge is 0.378 e. The van der Waals surface area contributed by atoms with Crippen molar-refractivity contribution in [3.05, 3.63) is 0 Å². The Morgan fingerprint density at radius 3 is 2.61 bits per heavy atom. The second kappa shape index (κ2) is 6.53.